The fourth-order valence-corrected chi connectivity index (χ4v) is 7.63. The van der Waals surface area contributed by atoms with Crippen LogP contribution in [0.3, 0.4) is 0 Å². The Morgan fingerprint density at radius 3 is 1.96 bits per heavy atom. The van der Waals surface area contributed by atoms with E-state index in [-0.39, 0.29) is 51.0 Å². The Morgan fingerprint density at radius 2 is 1.29 bits per heavy atom. The quantitative estimate of drug-likeness (QED) is 0.0302. The molecule has 0 radical (unpaired) electrons. The van der Waals surface area contributed by atoms with Gasteiger partial charge in [0, 0.05) is 30.3 Å². The molecular weight excluding hydrogens is 912 g/mol. The summed E-state index contributed by atoms with van der Waals surface area (Å²) in [5.41, 5.74) is 0.252. The first-order chi connectivity index (χ1) is 32.3. The Hall–Kier alpha value is -5.84. The number of carbonyl (C=O) groups is 1. The minimum absolute atomic E-state index is 0.0475. The van der Waals surface area contributed by atoms with E-state index in [4.69, 9.17) is 47.0 Å². The van der Waals surface area contributed by atoms with Gasteiger partial charge in [0.2, 0.25) is 24.1 Å². The van der Waals surface area contributed by atoms with E-state index in [1.807, 2.05) is 0 Å². The number of carbonyl (C=O) groups excluding carboxylic acids is 1. The van der Waals surface area contributed by atoms with Crippen molar-refractivity contribution < 1.29 is 118 Å². The molecule has 3 saturated heterocycles. The van der Waals surface area contributed by atoms with E-state index in [0.717, 1.165) is 24.3 Å². The fraction of sp³-hybridized carbons (Fsp3) is 0.455. The molecule has 370 valence electrons. The van der Waals surface area contributed by atoms with Crippen LogP contribution in [0.2, 0.25) is 0 Å². The summed E-state index contributed by atoms with van der Waals surface area (Å²) in [5, 5.41) is 138. The zero-order valence-corrected chi connectivity index (χ0v) is 36.2. The summed E-state index contributed by atoms with van der Waals surface area (Å²) >= 11 is 0. The van der Waals surface area contributed by atoms with Crippen molar-refractivity contribution in [2.75, 3.05) is 27.4 Å². The maximum absolute atomic E-state index is 12.7. The van der Waals surface area contributed by atoms with E-state index in [9.17, 15) is 71.2 Å². The number of fused-ring (bicyclic) bond motifs is 1. The Balaban J connectivity index is 1.12. The lowest BCUT2D eigenvalue weighted by Crippen LogP contribution is -2.62. The molecule has 0 saturated carbocycles. The van der Waals surface area contributed by atoms with Crippen molar-refractivity contribution in [3.63, 3.8) is 0 Å². The first kappa shape index (κ1) is 50.0. The number of phenolic OH excluding ortho intramolecular Hbond substituents is 4. The number of methoxy groups -OCH3 is 2. The third kappa shape index (κ3) is 10.3. The van der Waals surface area contributed by atoms with Gasteiger partial charge >= 0.3 is 17.3 Å². The third-order valence-electron chi connectivity index (χ3n) is 11.4. The molecule has 0 bridgehead atoms. The normalized spacial score (nSPS) is 31.9. The van der Waals surface area contributed by atoms with Gasteiger partial charge in [-0.3, -0.25) is 0 Å². The van der Waals surface area contributed by atoms with E-state index in [1.165, 1.54) is 57.6 Å². The maximum atomic E-state index is 12.7. The number of hydrogen-bond acceptors (Lipinski definition) is 23. The molecule has 0 aliphatic carbocycles. The van der Waals surface area contributed by atoms with E-state index in [0.29, 0.717) is 5.56 Å². The van der Waals surface area contributed by atoms with Crippen molar-refractivity contribution in [1.82, 2.24) is 0 Å². The molecule has 15 atom stereocenters. The number of ether oxygens (including phenoxy) is 9. The first-order valence-electron chi connectivity index (χ1n) is 20.8. The predicted octanol–water partition coefficient (Wildman–Crippen LogP) is -1.31. The van der Waals surface area contributed by atoms with Crippen LogP contribution >= 0.6 is 0 Å². The Labute approximate surface area is 384 Å². The number of aromatic hydroxyl groups is 4. The van der Waals surface area contributed by atoms with Crippen molar-refractivity contribution in [3.05, 3.63) is 60.2 Å². The average molecular weight is 964 g/mol. The van der Waals surface area contributed by atoms with Crippen molar-refractivity contribution in [3.8, 4) is 57.3 Å². The molecule has 24 nitrogen and oxygen atoms in total. The van der Waals surface area contributed by atoms with E-state index in [1.54, 1.807) is 0 Å². The summed E-state index contributed by atoms with van der Waals surface area (Å²) < 4.78 is 56.5. The first-order valence-corrected chi connectivity index (χ1v) is 20.8. The van der Waals surface area contributed by atoms with Gasteiger partial charge in [0.15, 0.2) is 35.4 Å². The highest BCUT2D eigenvalue weighted by Gasteiger charge is 2.50. The van der Waals surface area contributed by atoms with Crippen LogP contribution in [0, 0.1) is 0 Å². The molecule has 0 spiro atoms. The molecule has 0 amide bonds. The molecule has 3 aliphatic heterocycles. The SMILES string of the molecule is COc1cc(C=CC(=O)OC2C(C)OC(OCC3OC(Oc4cc5c(OC6OC(CO)C(O)C(O)C6O)cc(O)cc5[o+]c4-c4cc(O)c(O)c(OC)c4)C(O)C(O)C3O)C(O)C2O)ccc1O. The summed E-state index contributed by atoms with van der Waals surface area (Å²) in [6.07, 6.45) is -23.3. The molecular formula is C44H51O24+. The van der Waals surface area contributed by atoms with Crippen molar-refractivity contribution >= 4 is 23.0 Å². The maximum Gasteiger partial charge on any atom is 0.402 e. The Kier molecular flexibility index (Phi) is 15.3. The van der Waals surface area contributed by atoms with E-state index >= 15 is 0 Å². The van der Waals surface area contributed by atoms with Gasteiger partial charge in [-0.15, -0.1) is 0 Å². The molecule has 3 aliphatic rings. The van der Waals surface area contributed by atoms with Crippen LogP contribution in [-0.2, 0) is 28.5 Å². The van der Waals surface area contributed by atoms with Crippen LogP contribution in [0.1, 0.15) is 12.5 Å². The number of rotatable bonds is 14. The van der Waals surface area contributed by atoms with E-state index < -0.39 is 129 Å². The Bertz CT molecular complexity index is 2450. The second-order valence-electron chi connectivity index (χ2n) is 16.0. The van der Waals surface area contributed by atoms with Crippen molar-refractivity contribution in [2.45, 2.75) is 99.0 Å². The number of hydrogen-bond donors (Lipinski definition) is 13. The number of benzene rings is 3. The van der Waals surface area contributed by atoms with Gasteiger partial charge in [-0.2, -0.15) is 0 Å². The minimum atomic E-state index is -2.02. The van der Waals surface area contributed by atoms with Gasteiger partial charge in [0.1, 0.15) is 77.9 Å². The molecule has 15 unspecified atom stereocenters. The lowest BCUT2D eigenvalue weighted by atomic mass is 9.98. The fourth-order valence-electron chi connectivity index (χ4n) is 7.63. The number of phenols is 4. The lowest BCUT2D eigenvalue weighted by Gasteiger charge is -2.42. The molecule has 24 heteroatoms. The summed E-state index contributed by atoms with van der Waals surface area (Å²) in [6.45, 7) is -0.0526. The van der Waals surface area contributed by atoms with Crippen molar-refractivity contribution in [1.29, 1.82) is 0 Å². The Morgan fingerprint density at radius 1 is 0.662 bits per heavy atom. The molecule has 3 fully saturated rings. The highest BCUT2D eigenvalue weighted by molar-refractivity contribution is 5.89. The predicted molar refractivity (Wildman–Crippen MR) is 225 cm³/mol. The van der Waals surface area contributed by atoms with Gasteiger partial charge in [-0.05, 0) is 30.7 Å². The molecule has 68 heavy (non-hydrogen) atoms. The smallest absolute Gasteiger partial charge is 0.402 e. The van der Waals surface area contributed by atoms with Crippen LogP contribution in [0.25, 0.3) is 28.4 Å². The lowest BCUT2D eigenvalue weighted by molar-refractivity contribution is -0.319. The number of esters is 1. The number of aliphatic hydroxyl groups excluding tert-OH is 9. The van der Waals surface area contributed by atoms with Crippen LogP contribution in [-0.4, -0.2) is 192 Å². The van der Waals surface area contributed by atoms with Crippen LogP contribution in [0.15, 0.2) is 59.0 Å². The second-order valence-corrected chi connectivity index (χ2v) is 16.0. The molecule has 13 N–H and O–H groups in total. The summed E-state index contributed by atoms with van der Waals surface area (Å²) in [6, 6.07) is 9.97. The van der Waals surface area contributed by atoms with Gasteiger partial charge in [0.25, 0.3) is 0 Å². The van der Waals surface area contributed by atoms with Crippen LogP contribution in [0.5, 0.6) is 46.0 Å². The molecule has 4 aromatic rings. The van der Waals surface area contributed by atoms with Gasteiger partial charge < -0.3 is 109 Å². The molecule has 4 heterocycles. The summed E-state index contributed by atoms with van der Waals surface area (Å²) in [5.74, 6) is -3.89. The topological polar surface area (TPSA) is 374 Å². The van der Waals surface area contributed by atoms with Gasteiger partial charge in [-0.25, -0.2) is 9.21 Å². The zero-order chi connectivity index (χ0) is 49.3. The van der Waals surface area contributed by atoms with Crippen LogP contribution < -0.4 is 18.9 Å². The van der Waals surface area contributed by atoms with Gasteiger partial charge in [-0.1, -0.05) is 6.07 Å². The third-order valence-corrected chi connectivity index (χ3v) is 11.4. The van der Waals surface area contributed by atoms with Crippen LogP contribution in [0.4, 0.5) is 0 Å². The van der Waals surface area contributed by atoms with Gasteiger partial charge in [0.05, 0.1) is 45.2 Å². The summed E-state index contributed by atoms with van der Waals surface area (Å²) in [7, 11) is 2.55. The number of aliphatic hydroxyl groups is 9. The van der Waals surface area contributed by atoms with E-state index in [2.05, 4.69) is 0 Å². The monoisotopic (exact) mass is 963 g/mol. The zero-order valence-electron chi connectivity index (χ0n) is 36.2. The minimum Gasteiger partial charge on any atom is -0.507 e. The highest BCUT2D eigenvalue weighted by atomic mass is 16.7. The average Bonchev–Trinajstić information content (AvgIpc) is 3.32. The highest BCUT2D eigenvalue weighted by Crippen LogP contribution is 2.46. The van der Waals surface area contributed by atoms with Crippen molar-refractivity contribution in [2.24, 2.45) is 0 Å². The summed E-state index contributed by atoms with van der Waals surface area (Å²) in [4.78, 5) is 12.7. The second kappa shape index (κ2) is 20.8. The molecule has 1 aromatic heterocycles. The largest absolute Gasteiger partial charge is 0.507 e. The molecule has 7 rings (SSSR count). The molecule has 3 aromatic carbocycles. The standard InChI is InChI=1S/C44H50O24/c1-16-40(68-30(49)7-5-17-4-6-21(47)25(8-17)59-2)36(55)39(58)42(62-16)61-15-29-33(52)35(54)38(57)44(67-29)65-27-13-20-23(63-41(27)18-9-22(48)31(50)26(10-18)60-3)11-19(46)12-24(20)64-43-37(56)34(53)32(51)28(14-45)66-43/h4-13,16,28-29,32-40,42-45,51-58H,14-15H2,1-3H3,(H3-,46,47,48,49,50)/p+1.